The normalized spacial score (nSPS) is 11.7. The van der Waals surface area contributed by atoms with Crippen LogP contribution >= 0.6 is 11.6 Å². The molecule has 0 saturated heterocycles. The van der Waals surface area contributed by atoms with Gasteiger partial charge in [0.1, 0.15) is 0 Å². The zero-order valence-corrected chi connectivity index (χ0v) is 12.6. The zero-order valence-electron chi connectivity index (χ0n) is 11.0. The van der Waals surface area contributed by atoms with Gasteiger partial charge < -0.3 is 0 Å². The van der Waals surface area contributed by atoms with Gasteiger partial charge in [-0.25, -0.2) is 13.4 Å². The van der Waals surface area contributed by atoms with E-state index in [1.165, 1.54) is 0 Å². The average molecular weight is 318 g/mol. The lowest BCUT2D eigenvalue weighted by atomic mass is 10.2. The quantitative estimate of drug-likeness (QED) is 0.737. The Morgan fingerprint density at radius 1 is 0.905 bits per heavy atom. The molecule has 3 aromatic rings. The largest absolute Gasteiger partial charge is 0.236 e. The first-order valence-electron chi connectivity index (χ1n) is 6.38. The van der Waals surface area contributed by atoms with E-state index in [-0.39, 0.29) is 10.8 Å². The third kappa shape index (κ3) is 3.06. The molecular weight excluding hydrogens is 306 g/mol. The Bertz CT molecular complexity index is 890. The topological polar surface area (TPSA) is 47.0 Å². The highest BCUT2D eigenvalue weighted by Crippen LogP contribution is 2.19. The molecule has 0 atom stereocenters. The summed E-state index contributed by atoms with van der Waals surface area (Å²) in [4.78, 5) is 4.25. The minimum Gasteiger partial charge on any atom is -0.236 e. The predicted molar refractivity (Wildman–Crippen MR) is 84.1 cm³/mol. The van der Waals surface area contributed by atoms with Crippen molar-refractivity contribution in [2.75, 3.05) is 0 Å². The maximum absolute atomic E-state index is 12.4. The zero-order chi connectivity index (χ0) is 14.9. The molecule has 21 heavy (non-hydrogen) atoms. The first-order valence-corrected chi connectivity index (χ1v) is 8.41. The fourth-order valence-electron chi connectivity index (χ4n) is 2.09. The Morgan fingerprint density at radius 2 is 1.62 bits per heavy atom. The summed E-state index contributed by atoms with van der Waals surface area (Å²) in [6.45, 7) is 0. The summed E-state index contributed by atoms with van der Waals surface area (Å²) in [6.07, 6.45) is 0. The van der Waals surface area contributed by atoms with Crippen LogP contribution in [0.15, 0.2) is 65.7 Å². The second-order valence-electron chi connectivity index (χ2n) is 4.73. The highest BCUT2D eigenvalue weighted by Gasteiger charge is 2.17. The van der Waals surface area contributed by atoms with E-state index in [4.69, 9.17) is 11.6 Å². The van der Waals surface area contributed by atoms with Gasteiger partial charge in [0.05, 0.1) is 11.3 Å². The summed E-state index contributed by atoms with van der Waals surface area (Å²) >= 11 is 5.80. The van der Waals surface area contributed by atoms with E-state index in [0.29, 0.717) is 16.1 Å². The van der Waals surface area contributed by atoms with Gasteiger partial charge in [-0.3, -0.25) is 0 Å². The number of hydrogen-bond acceptors (Lipinski definition) is 3. The molecule has 3 rings (SSSR count). The Kier molecular flexibility index (Phi) is 3.66. The monoisotopic (exact) mass is 317 g/mol. The summed E-state index contributed by atoms with van der Waals surface area (Å²) < 4.78 is 24.9. The van der Waals surface area contributed by atoms with Crippen LogP contribution in [0.2, 0.25) is 5.02 Å². The van der Waals surface area contributed by atoms with Gasteiger partial charge in [-0.2, -0.15) is 0 Å². The molecular formula is C16H12ClNO2S. The van der Waals surface area contributed by atoms with Crippen molar-refractivity contribution in [3.63, 3.8) is 0 Å². The maximum Gasteiger partial charge on any atom is 0.199 e. The lowest BCUT2D eigenvalue weighted by molar-refractivity contribution is 0.592. The van der Waals surface area contributed by atoms with Crippen molar-refractivity contribution in [3.05, 3.63) is 71.2 Å². The molecule has 1 aromatic heterocycles. The van der Waals surface area contributed by atoms with Gasteiger partial charge in [0.25, 0.3) is 0 Å². The molecule has 106 valence electrons. The van der Waals surface area contributed by atoms with E-state index in [1.807, 2.05) is 18.2 Å². The number of rotatable bonds is 3. The van der Waals surface area contributed by atoms with E-state index in [9.17, 15) is 8.42 Å². The summed E-state index contributed by atoms with van der Waals surface area (Å²) in [6, 6.07) is 17.5. The van der Waals surface area contributed by atoms with Gasteiger partial charge in [0.15, 0.2) is 14.9 Å². The molecule has 0 spiro atoms. The molecule has 0 saturated carbocycles. The van der Waals surface area contributed by atoms with Crippen LogP contribution in [0.1, 0.15) is 5.56 Å². The minimum absolute atomic E-state index is 0.0878. The van der Waals surface area contributed by atoms with E-state index in [2.05, 4.69) is 4.98 Å². The number of halogens is 1. The predicted octanol–water partition coefficient (Wildman–Crippen LogP) is 3.86. The van der Waals surface area contributed by atoms with Crippen LogP contribution in [0.25, 0.3) is 10.9 Å². The van der Waals surface area contributed by atoms with Crippen LogP contribution in [-0.4, -0.2) is 13.4 Å². The van der Waals surface area contributed by atoms with Gasteiger partial charge in [0, 0.05) is 10.4 Å². The van der Waals surface area contributed by atoms with Crippen molar-refractivity contribution in [3.8, 4) is 0 Å². The first-order chi connectivity index (χ1) is 10.0. The van der Waals surface area contributed by atoms with Gasteiger partial charge >= 0.3 is 0 Å². The Labute approximate surface area is 128 Å². The molecule has 1 heterocycles. The van der Waals surface area contributed by atoms with Crippen molar-refractivity contribution in [1.82, 2.24) is 4.98 Å². The van der Waals surface area contributed by atoms with Crippen molar-refractivity contribution in [2.24, 2.45) is 0 Å². The van der Waals surface area contributed by atoms with Crippen LogP contribution < -0.4 is 0 Å². The molecule has 0 N–H and O–H groups in total. The number of fused-ring (bicyclic) bond motifs is 1. The molecule has 0 aliphatic carbocycles. The molecule has 0 aliphatic rings. The fourth-order valence-corrected chi connectivity index (χ4v) is 3.51. The molecule has 0 amide bonds. The molecule has 5 heteroatoms. The van der Waals surface area contributed by atoms with Crippen LogP contribution in [0.5, 0.6) is 0 Å². The molecule has 2 aromatic carbocycles. The van der Waals surface area contributed by atoms with Crippen molar-refractivity contribution in [1.29, 1.82) is 0 Å². The van der Waals surface area contributed by atoms with Crippen LogP contribution in [0, 0.1) is 0 Å². The first kappa shape index (κ1) is 14.0. The number of benzene rings is 2. The number of hydrogen-bond donors (Lipinski definition) is 0. The van der Waals surface area contributed by atoms with Crippen LogP contribution in [0.4, 0.5) is 0 Å². The smallest absolute Gasteiger partial charge is 0.199 e. The Morgan fingerprint density at radius 3 is 2.38 bits per heavy atom. The van der Waals surface area contributed by atoms with Gasteiger partial charge in [0.2, 0.25) is 0 Å². The molecule has 0 fully saturated rings. The average Bonchev–Trinajstić information content (AvgIpc) is 2.49. The van der Waals surface area contributed by atoms with Crippen molar-refractivity contribution >= 4 is 32.3 Å². The molecule has 0 bridgehead atoms. The van der Waals surface area contributed by atoms with Gasteiger partial charge in [-0.15, -0.1) is 0 Å². The van der Waals surface area contributed by atoms with E-state index >= 15 is 0 Å². The van der Waals surface area contributed by atoms with Gasteiger partial charge in [-0.05, 0) is 35.9 Å². The number of nitrogens with zero attached hydrogens (tertiary/aromatic N) is 1. The van der Waals surface area contributed by atoms with Gasteiger partial charge in [-0.1, -0.05) is 41.9 Å². The number of para-hydroxylation sites is 1. The summed E-state index contributed by atoms with van der Waals surface area (Å²) in [5, 5.41) is 1.60. The number of sulfone groups is 1. The summed E-state index contributed by atoms with van der Waals surface area (Å²) in [7, 11) is -3.47. The summed E-state index contributed by atoms with van der Waals surface area (Å²) in [5.41, 5.74) is 1.36. The Balaban J connectivity index is 1.97. The highest BCUT2D eigenvalue weighted by atomic mass is 35.5. The van der Waals surface area contributed by atoms with Crippen LogP contribution in [-0.2, 0) is 15.6 Å². The molecule has 0 radical (unpaired) electrons. The lowest BCUT2D eigenvalue weighted by Crippen LogP contribution is -2.07. The second kappa shape index (κ2) is 5.47. The standard InChI is InChI=1S/C16H12ClNO2S/c17-14-8-5-12(6-9-14)11-21(19,20)16-10-7-13-3-1-2-4-15(13)18-16/h1-10H,11H2. The maximum atomic E-state index is 12.4. The number of pyridine rings is 1. The second-order valence-corrected chi connectivity index (χ2v) is 7.10. The van der Waals surface area contributed by atoms with E-state index < -0.39 is 9.84 Å². The molecule has 0 aliphatic heterocycles. The minimum atomic E-state index is -3.47. The third-order valence-corrected chi connectivity index (χ3v) is 4.99. The van der Waals surface area contributed by atoms with E-state index in [0.717, 1.165) is 5.39 Å². The third-order valence-electron chi connectivity index (χ3n) is 3.16. The highest BCUT2D eigenvalue weighted by molar-refractivity contribution is 7.90. The van der Waals surface area contributed by atoms with Crippen LogP contribution in [0.3, 0.4) is 0 Å². The molecule has 0 unspecified atom stereocenters. The lowest BCUT2D eigenvalue weighted by Gasteiger charge is -2.05. The molecule has 3 nitrogen and oxygen atoms in total. The fraction of sp³-hybridized carbons (Fsp3) is 0.0625. The summed E-state index contributed by atoms with van der Waals surface area (Å²) in [5.74, 6) is -0.0878. The van der Waals surface area contributed by atoms with Crippen molar-refractivity contribution < 1.29 is 8.42 Å². The van der Waals surface area contributed by atoms with E-state index in [1.54, 1.807) is 42.5 Å². The van der Waals surface area contributed by atoms with Crippen molar-refractivity contribution in [2.45, 2.75) is 10.8 Å². The Hall–Kier alpha value is -1.91. The SMILES string of the molecule is O=S(=O)(Cc1ccc(Cl)cc1)c1ccc2ccccc2n1. The number of aromatic nitrogens is 1.